The molecule has 0 amide bonds. The first-order valence-electron chi connectivity index (χ1n) is 18.5. The highest BCUT2D eigenvalue weighted by molar-refractivity contribution is 7.55. The van der Waals surface area contributed by atoms with Crippen LogP contribution in [0.1, 0.15) is 129 Å². The van der Waals surface area contributed by atoms with Crippen LogP contribution < -0.4 is 0 Å². The van der Waals surface area contributed by atoms with Crippen molar-refractivity contribution in [2.75, 3.05) is 39.6 Å². The summed E-state index contributed by atoms with van der Waals surface area (Å²) in [7, 11) is -7.53. The Kier molecular flexibility index (Phi) is 18.6. The van der Waals surface area contributed by atoms with Crippen molar-refractivity contribution < 1.29 is 46.4 Å². The molecule has 0 saturated heterocycles. The molecule has 4 unspecified atom stereocenters. The summed E-state index contributed by atoms with van der Waals surface area (Å²) < 4.78 is 58.7. The second-order valence-corrected chi connectivity index (χ2v) is 21.4. The molecule has 0 aliphatic heterocycles. The van der Waals surface area contributed by atoms with E-state index in [0.29, 0.717) is 6.29 Å². The lowest BCUT2D eigenvalue weighted by molar-refractivity contribution is -0.301. The van der Waals surface area contributed by atoms with Gasteiger partial charge in [0.2, 0.25) is 0 Å². The largest absolute Gasteiger partial charge is 0.375 e. The minimum atomic E-state index is -3.79. The van der Waals surface area contributed by atoms with E-state index >= 15 is 0 Å². The van der Waals surface area contributed by atoms with Gasteiger partial charge in [0, 0.05) is 11.1 Å². The zero-order valence-electron chi connectivity index (χ0n) is 35.3. The summed E-state index contributed by atoms with van der Waals surface area (Å²) in [5.41, 5.74) is -3.39. The third kappa shape index (κ3) is 13.9. The maximum atomic E-state index is 14.5. The van der Waals surface area contributed by atoms with Crippen LogP contribution in [0, 0.1) is 10.8 Å². The first kappa shape index (κ1) is 49.0. The minimum absolute atomic E-state index is 0.00240. The smallest absolute Gasteiger partial charge is 0.350 e. The molecule has 304 valence electrons. The summed E-state index contributed by atoms with van der Waals surface area (Å²) in [5.74, 6) is -1.67. The van der Waals surface area contributed by atoms with Crippen molar-refractivity contribution in [1.82, 2.24) is 10.1 Å². The van der Waals surface area contributed by atoms with Crippen LogP contribution in [0.4, 0.5) is 0 Å². The Hall–Kier alpha value is -1.01. The Balaban J connectivity index is 3.66. The Morgan fingerprint density at radius 2 is 1.02 bits per heavy atom. The van der Waals surface area contributed by atoms with Crippen molar-refractivity contribution in [3.63, 3.8) is 0 Å². The Morgan fingerprint density at radius 1 is 0.635 bits per heavy atom. The van der Waals surface area contributed by atoms with Crippen LogP contribution in [0.25, 0.3) is 0 Å². The van der Waals surface area contributed by atoms with E-state index in [1.807, 2.05) is 113 Å². The first-order valence-corrected chi connectivity index (χ1v) is 21.7. The molecule has 52 heavy (non-hydrogen) atoms. The van der Waals surface area contributed by atoms with Gasteiger partial charge in [-0.2, -0.15) is 10.1 Å². The number of ether oxygens (including phenoxy) is 1. The fraction of sp³-hybridized carbons (Fsp3) is 0.816. The van der Waals surface area contributed by atoms with Gasteiger partial charge in [-0.25, -0.2) is 0 Å². The average molecular weight is 779 g/mol. The molecule has 0 bridgehead atoms. The molecule has 0 fully saturated rings. The monoisotopic (exact) mass is 778 g/mol. The van der Waals surface area contributed by atoms with E-state index in [1.165, 1.54) is 0 Å². The third-order valence-corrected chi connectivity index (χ3v) is 13.4. The summed E-state index contributed by atoms with van der Waals surface area (Å²) in [6.45, 7) is 32.7. The van der Waals surface area contributed by atoms with Crippen molar-refractivity contribution in [1.29, 1.82) is 0 Å². The van der Waals surface area contributed by atoms with Gasteiger partial charge >= 0.3 is 15.2 Å². The minimum Gasteiger partial charge on any atom is -0.375 e. The molecule has 1 rings (SSSR count). The number of rotatable bonds is 22. The molecule has 14 heteroatoms. The van der Waals surface area contributed by atoms with Gasteiger partial charge in [0.1, 0.15) is 17.7 Å². The molecule has 12 nitrogen and oxygen atoms in total. The van der Waals surface area contributed by atoms with E-state index < -0.39 is 60.4 Å². The van der Waals surface area contributed by atoms with E-state index in [1.54, 1.807) is 44.7 Å². The van der Waals surface area contributed by atoms with Gasteiger partial charge in [0.15, 0.2) is 11.9 Å². The number of nitrogens with zero attached hydrogens (tertiary/aromatic N) is 2. The van der Waals surface area contributed by atoms with E-state index in [-0.39, 0.29) is 39.6 Å². The average Bonchev–Trinajstić information content (AvgIpc) is 2.98. The zero-order chi connectivity index (χ0) is 40.4. The highest BCUT2D eigenvalue weighted by Crippen LogP contribution is 2.62. The SMILES string of the molecule is CCOP(=O)(OCC)C(N(OC(COCC(C)(C=O)ON(C(C(C)(C)C)P(=O)(OCC)OCC)C(C)(C)C)c1ccccc1)C(C)(C)C)C(C)(C)C. The van der Waals surface area contributed by atoms with Crippen LogP contribution in [0.2, 0.25) is 0 Å². The van der Waals surface area contributed by atoms with E-state index in [2.05, 4.69) is 0 Å². The second-order valence-electron chi connectivity index (χ2n) is 17.3. The van der Waals surface area contributed by atoms with E-state index in [9.17, 15) is 13.9 Å². The zero-order valence-corrected chi connectivity index (χ0v) is 37.1. The molecule has 1 aromatic rings. The number of hydrogen-bond donors (Lipinski definition) is 0. The molecule has 4 atom stereocenters. The van der Waals surface area contributed by atoms with E-state index in [4.69, 9.17) is 32.5 Å². The topological polar surface area (TPSA) is 122 Å². The highest BCUT2D eigenvalue weighted by Gasteiger charge is 2.54. The molecule has 0 aliphatic carbocycles. The summed E-state index contributed by atoms with van der Waals surface area (Å²) in [4.78, 5) is 26.3. The summed E-state index contributed by atoms with van der Waals surface area (Å²) in [6, 6.07) is 9.57. The molecule has 0 saturated carbocycles. The molecule has 0 radical (unpaired) electrons. The number of aldehydes is 1. The van der Waals surface area contributed by atoms with Crippen LogP contribution in [0.3, 0.4) is 0 Å². The summed E-state index contributed by atoms with van der Waals surface area (Å²) >= 11 is 0. The van der Waals surface area contributed by atoms with Gasteiger partial charge in [0.25, 0.3) is 0 Å². The number of benzene rings is 1. The van der Waals surface area contributed by atoms with Crippen LogP contribution in [-0.2, 0) is 46.4 Å². The van der Waals surface area contributed by atoms with Crippen molar-refractivity contribution in [3.8, 4) is 0 Å². The van der Waals surface area contributed by atoms with Crippen molar-refractivity contribution in [2.24, 2.45) is 10.8 Å². The predicted molar refractivity (Wildman–Crippen MR) is 208 cm³/mol. The van der Waals surface area contributed by atoms with Crippen LogP contribution in [0.15, 0.2) is 30.3 Å². The molecule has 0 spiro atoms. The molecule has 1 aromatic carbocycles. The molecule has 0 heterocycles. The second kappa shape index (κ2) is 19.7. The standard InChI is InChI=1S/C38H72N2O10P2/c1-18-45-51(42,46-19-2)32(34(5,6)7)39(36(11,12)13)49-31(30-25-23-22-24-26-30)27-44-29-38(17,28-41)50-40(37(14,15)16)33(35(8,9)10)52(43,47-20-3)48-21-4/h22-26,28,31-33H,18-21,27,29H2,1-17H3. The molecule has 0 aliphatic rings. The Labute approximate surface area is 315 Å². The van der Waals surface area contributed by atoms with Crippen molar-refractivity contribution >= 4 is 21.5 Å². The summed E-state index contributed by atoms with van der Waals surface area (Å²) in [6.07, 6.45) is -0.0109. The van der Waals surface area contributed by atoms with Crippen LogP contribution in [0.5, 0.6) is 0 Å². The fourth-order valence-corrected chi connectivity index (χ4v) is 11.1. The highest BCUT2D eigenvalue weighted by atomic mass is 31.2. The number of hydrogen-bond acceptors (Lipinski definition) is 12. The fourth-order valence-electron chi connectivity index (χ4n) is 5.79. The first-order chi connectivity index (χ1) is 23.7. The van der Waals surface area contributed by atoms with Gasteiger partial charge in [-0.05, 0) is 92.6 Å². The number of carbonyl (C=O) groups excluding carboxylic acids is 1. The molecule has 0 aromatic heterocycles. The predicted octanol–water partition coefficient (Wildman–Crippen LogP) is 10.0. The normalized spacial score (nSPS) is 16.9. The molecular formula is C38H72N2O10P2. The maximum Gasteiger partial charge on any atom is 0.350 e. The van der Waals surface area contributed by atoms with Gasteiger partial charge < -0.3 is 22.8 Å². The van der Waals surface area contributed by atoms with Gasteiger partial charge in [-0.15, -0.1) is 0 Å². The van der Waals surface area contributed by atoms with Crippen LogP contribution in [-0.4, -0.2) is 84.3 Å². The van der Waals surface area contributed by atoms with Crippen molar-refractivity contribution in [3.05, 3.63) is 35.9 Å². The lowest BCUT2D eigenvalue weighted by Gasteiger charge is -2.49. The lowest BCUT2D eigenvalue weighted by atomic mass is 9.94. The van der Waals surface area contributed by atoms with Crippen molar-refractivity contribution in [2.45, 2.75) is 152 Å². The quantitative estimate of drug-likeness (QED) is 0.0633. The maximum absolute atomic E-state index is 14.5. The number of hydroxylamine groups is 4. The molecule has 0 N–H and O–H groups in total. The number of carbonyl (C=O) groups is 1. The van der Waals surface area contributed by atoms with Gasteiger partial charge in [0.05, 0.1) is 39.6 Å². The Morgan fingerprint density at radius 3 is 1.35 bits per heavy atom. The third-order valence-electron chi connectivity index (χ3n) is 7.78. The van der Waals surface area contributed by atoms with E-state index in [0.717, 1.165) is 5.56 Å². The van der Waals surface area contributed by atoms with Gasteiger partial charge in [-0.3, -0.25) is 23.6 Å². The summed E-state index contributed by atoms with van der Waals surface area (Å²) in [5, 5.41) is 3.31. The van der Waals surface area contributed by atoms with Gasteiger partial charge in [-0.1, -0.05) is 71.9 Å². The Bertz CT molecular complexity index is 1280. The molecular weight excluding hydrogens is 706 g/mol. The lowest BCUT2D eigenvalue weighted by Crippen LogP contribution is -2.58. The van der Waals surface area contributed by atoms with Crippen LogP contribution >= 0.6 is 15.2 Å².